The van der Waals surface area contributed by atoms with Crippen molar-refractivity contribution in [3.05, 3.63) is 48.1 Å². The normalized spacial score (nSPS) is 12.4. The maximum absolute atomic E-state index is 6.40. The zero-order chi connectivity index (χ0) is 36.7. The lowest BCUT2D eigenvalue weighted by molar-refractivity contribution is 0.258. The summed E-state index contributed by atoms with van der Waals surface area (Å²) in [5.41, 5.74) is 13.3. The smallest absolute Gasteiger partial charge is 0.161 e. The highest BCUT2D eigenvalue weighted by Gasteiger charge is 2.10. The van der Waals surface area contributed by atoms with Crippen LogP contribution in [0, 0.1) is 0 Å². The molecule has 0 aliphatic rings. The number of nitrogens with two attached hydrogens (primary N) is 2. The Hall–Kier alpha value is -1.78. The van der Waals surface area contributed by atoms with Gasteiger partial charge in [-0.2, -0.15) is 0 Å². The summed E-state index contributed by atoms with van der Waals surface area (Å²) in [7, 11) is 0. The molecule has 0 aromatic heterocycles. The van der Waals surface area contributed by atoms with Gasteiger partial charge in [-0.05, 0) is 108 Å². The van der Waals surface area contributed by atoms with Gasteiger partial charge < -0.3 is 20.9 Å². The van der Waals surface area contributed by atoms with Gasteiger partial charge in [-0.3, -0.25) is 0 Å². The fourth-order valence-corrected chi connectivity index (χ4v) is 6.76. The lowest BCUT2D eigenvalue weighted by Crippen LogP contribution is -2.23. The molecule has 0 saturated carbocycles. The van der Waals surface area contributed by atoms with Crippen LogP contribution in [0.1, 0.15) is 212 Å². The number of ether oxygens (including phenoxy) is 2. The van der Waals surface area contributed by atoms with E-state index in [9.17, 15) is 0 Å². The van der Waals surface area contributed by atoms with Crippen LogP contribution < -0.4 is 20.9 Å². The van der Waals surface area contributed by atoms with Crippen molar-refractivity contribution >= 4 is 0 Å². The lowest BCUT2D eigenvalue weighted by Gasteiger charge is -2.16. The Morgan fingerprint density at radius 2 is 0.882 bits per heavy atom. The van der Waals surface area contributed by atoms with E-state index in [4.69, 9.17) is 20.9 Å². The Kier molecular flexibility index (Phi) is 35.2. The van der Waals surface area contributed by atoms with Crippen LogP contribution in [0.3, 0.4) is 0 Å². The molecule has 4 N–H and O–H groups in total. The van der Waals surface area contributed by atoms with E-state index in [1.54, 1.807) is 0 Å². The quantitative estimate of drug-likeness (QED) is 0.0527. The molecule has 4 nitrogen and oxygen atoms in total. The van der Waals surface area contributed by atoms with Crippen molar-refractivity contribution in [2.45, 2.75) is 219 Å². The van der Waals surface area contributed by atoms with Crippen LogP contribution in [-0.4, -0.2) is 25.8 Å². The number of allylic oxidation sites excluding steroid dienone is 4. The summed E-state index contributed by atoms with van der Waals surface area (Å²) in [5, 5.41) is 0. The topological polar surface area (TPSA) is 70.5 Å². The summed E-state index contributed by atoms with van der Waals surface area (Å²) >= 11 is 0. The van der Waals surface area contributed by atoms with Gasteiger partial charge in [0, 0.05) is 6.04 Å². The van der Waals surface area contributed by atoms with Gasteiger partial charge in [-0.1, -0.05) is 160 Å². The van der Waals surface area contributed by atoms with Gasteiger partial charge >= 0.3 is 0 Å². The third kappa shape index (κ3) is 31.5. The highest BCUT2D eigenvalue weighted by molar-refractivity contribution is 5.43. The minimum atomic E-state index is 0.130. The van der Waals surface area contributed by atoms with Crippen LogP contribution in [0.15, 0.2) is 42.5 Å². The predicted molar refractivity (Wildman–Crippen MR) is 226 cm³/mol. The molecule has 0 bridgehead atoms. The molecule has 4 heteroatoms. The van der Waals surface area contributed by atoms with E-state index in [0.717, 1.165) is 56.8 Å². The summed E-state index contributed by atoms with van der Waals surface area (Å²) in [6.07, 6.45) is 49.3. The minimum absolute atomic E-state index is 0.130. The molecule has 296 valence electrons. The molecule has 1 atom stereocenters. The molecule has 0 aliphatic heterocycles. The summed E-state index contributed by atoms with van der Waals surface area (Å²) in [6, 6.07) is 6.56. The lowest BCUT2D eigenvalue weighted by atomic mass is 10.0. The van der Waals surface area contributed by atoms with Crippen LogP contribution in [0.4, 0.5) is 0 Å². The van der Waals surface area contributed by atoms with E-state index in [0.29, 0.717) is 6.54 Å². The van der Waals surface area contributed by atoms with Crippen LogP contribution >= 0.6 is 0 Å². The van der Waals surface area contributed by atoms with Crippen molar-refractivity contribution in [1.29, 1.82) is 0 Å². The van der Waals surface area contributed by atoms with E-state index in [2.05, 4.69) is 56.4 Å². The second-order valence-electron chi connectivity index (χ2n) is 15.2. The fourth-order valence-electron chi connectivity index (χ4n) is 6.76. The minimum Gasteiger partial charge on any atom is -0.490 e. The monoisotopic (exact) mass is 711 g/mol. The summed E-state index contributed by atoms with van der Waals surface area (Å²) < 4.78 is 12.6. The Balaban J connectivity index is 2.23. The Labute approximate surface area is 318 Å². The number of rotatable bonds is 39. The molecule has 1 rings (SSSR count). The number of benzene rings is 1. The Morgan fingerprint density at radius 3 is 1.31 bits per heavy atom. The number of hydrogen-bond donors (Lipinski definition) is 2. The molecule has 0 spiro atoms. The van der Waals surface area contributed by atoms with E-state index in [1.807, 2.05) is 0 Å². The molecular weight excluding hydrogens is 625 g/mol. The van der Waals surface area contributed by atoms with Gasteiger partial charge in [0.15, 0.2) is 11.5 Å². The molecule has 0 radical (unpaired) electrons. The third-order valence-corrected chi connectivity index (χ3v) is 10.1. The number of unbranched alkanes of at least 4 members (excludes halogenated alkanes) is 24. The molecule has 1 unspecified atom stereocenters. The van der Waals surface area contributed by atoms with Crippen molar-refractivity contribution < 1.29 is 9.47 Å². The van der Waals surface area contributed by atoms with Crippen molar-refractivity contribution in [3.8, 4) is 11.5 Å². The molecule has 1 aromatic rings. The highest BCUT2D eigenvalue weighted by Crippen LogP contribution is 2.30. The molecule has 1 aromatic carbocycles. The van der Waals surface area contributed by atoms with Gasteiger partial charge in [-0.25, -0.2) is 0 Å². The molecule has 0 saturated heterocycles. The summed E-state index contributed by atoms with van der Waals surface area (Å²) in [6.45, 7) is 6.76. The second kappa shape index (κ2) is 38.0. The van der Waals surface area contributed by atoms with Crippen LogP contribution in [0.25, 0.3) is 0 Å². The van der Waals surface area contributed by atoms with Crippen LogP contribution in [-0.2, 0) is 6.42 Å². The van der Waals surface area contributed by atoms with Crippen molar-refractivity contribution in [2.75, 3.05) is 19.8 Å². The van der Waals surface area contributed by atoms with Crippen molar-refractivity contribution in [1.82, 2.24) is 0 Å². The zero-order valence-electron chi connectivity index (χ0n) is 34.1. The molecule has 0 heterocycles. The van der Waals surface area contributed by atoms with Gasteiger partial charge in [-0.15, -0.1) is 0 Å². The molecular formula is C47H86N2O2. The summed E-state index contributed by atoms with van der Waals surface area (Å²) in [4.78, 5) is 0. The largest absolute Gasteiger partial charge is 0.490 e. The first-order valence-corrected chi connectivity index (χ1v) is 22.3. The first-order chi connectivity index (χ1) is 25.2. The average Bonchev–Trinajstić information content (AvgIpc) is 3.14. The Morgan fingerprint density at radius 1 is 0.490 bits per heavy atom. The fraction of sp³-hybridized carbons (Fsp3) is 0.787. The third-order valence-electron chi connectivity index (χ3n) is 10.1. The van der Waals surface area contributed by atoms with Gasteiger partial charge in [0.05, 0.1) is 13.2 Å². The Bertz CT molecular complexity index is 914. The molecule has 0 amide bonds. The van der Waals surface area contributed by atoms with E-state index >= 15 is 0 Å². The first kappa shape index (κ1) is 47.2. The maximum atomic E-state index is 6.40. The van der Waals surface area contributed by atoms with Crippen LogP contribution in [0.5, 0.6) is 11.5 Å². The van der Waals surface area contributed by atoms with Crippen molar-refractivity contribution in [2.24, 2.45) is 11.5 Å². The van der Waals surface area contributed by atoms with Crippen molar-refractivity contribution in [3.63, 3.8) is 0 Å². The van der Waals surface area contributed by atoms with E-state index in [1.165, 1.54) is 173 Å². The second-order valence-corrected chi connectivity index (χ2v) is 15.2. The maximum Gasteiger partial charge on any atom is 0.161 e. The SMILES string of the molecule is CCCCCCCC/C=C/CCCCCCCCOc1ccc(CC(N)CCCN)cc1OCCCCCCCC/C=C/CCCCCCCC. The van der Waals surface area contributed by atoms with Crippen LogP contribution in [0.2, 0.25) is 0 Å². The molecule has 0 fully saturated rings. The predicted octanol–water partition coefficient (Wildman–Crippen LogP) is 14.1. The molecule has 51 heavy (non-hydrogen) atoms. The van der Waals surface area contributed by atoms with E-state index in [-0.39, 0.29) is 6.04 Å². The van der Waals surface area contributed by atoms with Gasteiger partial charge in [0.25, 0.3) is 0 Å². The number of hydrogen-bond acceptors (Lipinski definition) is 4. The summed E-state index contributed by atoms with van der Waals surface area (Å²) in [5.74, 6) is 1.77. The van der Waals surface area contributed by atoms with E-state index < -0.39 is 0 Å². The highest BCUT2D eigenvalue weighted by atomic mass is 16.5. The zero-order valence-corrected chi connectivity index (χ0v) is 34.1. The average molecular weight is 711 g/mol. The first-order valence-electron chi connectivity index (χ1n) is 22.3. The van der Waals surface area contributed by atoms with Gasteiger partial charge in [0.1, 0.15) is 0 Å². The molecule has 0 aliphatic carbocycles. The van der Waals surface area contributed by atoms with Gasteiger partial charge in [0.2, 0.25) is 0 Å². The standard InChI is InChI=1S/C47H86N2O2/c1-3-5-7-9-11-13-15-17-19-21-23-25-27-29-31-33-40-50-46-38-37-44(42-45(49)36-35-39-48)43-47(46)51-41-34-32-30-28-26-24-22-20-18-16-14-12-10-8-6-4-2/h17-20,37-38,43,45H,3-16,21-36,39-42,48-49H2,1-2H3/b19-17+,20-18+.